The number of hydrazine groups is 2. The monoisotopic (exact) mass is 431 g/mol. The van der Waals surface area contributed by atoms with E-state index < -0.39 is 15.2 Å². The highest BCUT2D eigenvalue weighted by atomic mass is 31.2. The standard InChI is InChI=1S/C16H39N3O6P2/c1-6-11-14-19(17-12-15-26(20,22-7-2)23-8-3)18-13-16-27(21,24-9-4)25-10-5/h17-18H,6-16H2,1-5H3. The molecule has 0 atom stereocenters. The quantitative estimate of drug-likeness (QED) is 0.235. The molecule has 0 spiro atoms. The van der Waals surface area contributed by atoms with Gasteiger partial charge in [0.25, 0.3) is 0 Å². The number of hydrogen-bond donors (Lipinski definition) is 2. The molecule has 0 aromatic rings. The van der Waals surface area contributed by atoms with Crippen molar-refractivity contribution in [3.63, 3.8) is 0 Å². The summed E-state index contributed by atoms with van der Waals surface area (Å²) in [7, 11) is -6.15. The Balaban J connectivity index is 4.53. The molecule has 0 aliphatic rings. The molecule has 0 heterocycles. The summed E-state index contributed by atoms with van der Waals surface area (Å²) in [5.74, 6) is 0. The number of nitrogens with one attached hydrogen (secondary N) is 2. The highest BCUT2D eigenvalue weighted by molar-refractivity contribution is 7.54. The van der Waals surface area contributed by atoms with Gasteiger partial charge in [0.15, 0.2) is 0 Å². The Morgan fingerprint density at radius 2 is 1.07 bits per heavy atom. The van der Waals surface area contributed by atoms with Gasteiger partial charge >= 0.3 is 15.2 Å². The average Bonchev–Trinajstić information content (AvgIpc) is 2.60. The first-order valence-electron chi connectivity index (χ1n) is 9.89. The first-order chi connectivity index (χ1) is 12.9. The predicted molar refractivity (Wildman–Crippen MR) is 109 cm³/mol. The summed E-state index contributed by atoms with van der Waals surface area (Å²) in [6.07, 6.45) is 2.56. The zero-order chi connectivity index (χ0) is 20.6. The lowest BCUT2D eigenvalue weighted by Gasteiger charge is -2.26. The van der Waals surface area contributed by atoms with Gasteiger partial charge in [0.1, 0.15) is 0 Å². The summed E-state index contributed by atoms with van der Waals surface area (Å²) >= 11 is 0. The van der Waals surface area contributed by atoms with Gasteiger partial charge in [-0.05, 0) is 34.1 Å². The molecular formula is C16H39N3O6P2. The van der Waals surface area contributed by atoms with Crippen molar-refractivity contribution in [2.45, 2.75) is 47.5 Å². The fraction of sp³-hybridized carbons (Fsp3) is 1.00. The van der Waals surface area contributed by atoms with Crippen molar-refractivity contribution in [3.8, 4) is 0 Å². The van der Waals surface area contributed by atoms with Crippen LogP contribution in [0.2, 0.25) is 0 Å². The lowest BCUT2D eigenvalue weighted by atomic mass is 10.3. The molecule has 0 bridgehead atoms. The Morgan fingerprint density at radius 3 is 1.37 bits per heavy atom. The predicted octanol–water partition coefficient (Wildman–Crippen LogP) is 3.63. The maximum Gasteiger partial charge on any atom is 0.331 e. The fourth-order valence-corrected chi connectivity index (χ4v) is 5.28. The van der Waals surface area contributed by atoms with Gasteiger partial charge in [0.05, 0.1) is 38.8 Å². The van der Waals surface area contributed by atoms with Crippen molar-refractivity contribution in [2.24, 2.45) is 0 Å². The normalized spacial score (nSPS) is 12.8. The van der Waals surface area contributed by atoms with Gasteiger partial charge in [-0.25, -0.2) is 10.9 Å². The molecule has 0 saturated heterocycles. The van der Waals surface area contributed by atoms with Crippen LogP contribution in [0.25, 0.3) is 0 Å². The lowest BCUT2D eigenvalue weighted by molar-refractivity contribution is 0.115. The molecule has 9 nitrogen and oxygen atoms in total. The summed E-state index contributed by atoms with van der Waals surface area (Å²) in [5, 5.41) is 1.83. The second-order valence-corrected chi connectivity index (χ2v) is 10.0. The largest absolute Gasteiger partial charge is 0.331 e. The number of hydrogen-bond acceptors (Lipinski definition) is 9. The Labute approximate surface area is 164 Å². The average molecular weight is 431 g/mol. The van der Waals surface area contributed by atoms with Crippen LogP contribution in [-0.2, 0) is 27.2 Å². The molecule has 0 aromatic carbocycles. The molecule has 0 amide bonds. The number of unbranched alkanes of at least 4 members (excludes halogenated alkanes) is 1. The molecule has 0 unspecified atom stereocenters. The van der Waals surface area contributed by atoms with Gasteiger partial charge < -0.3 is 18.1 Å². The van der Waals surface area contributed by atoms with Crippen LogP contribution in [0, 0.1) is 0 Å². The van der Waals surface area contributed by atoms with E-state index in [1.54, 1.807) is 27.7 Å². The minimum absolute atomic E-state index is 0.273. The molecule has 0 fully saturated rings. The van der Waals surface area contributed by atoms with Gasteiger partial charge in [-0.1, -0.05) is 13.3 Å². The lowest BCUT2D eigenvalue weighted by Crippen LogP contribution is -2.50. The van der Waals surface area contributed by atoms with E-state index in [-0.39, 0.29) is 12.3 Å². The van der Waals surface area contributed by atoms with Crippen LogP contribution in [-0.4, -0.2) is 63.5 Å². The maximum absolute atomic E-state index is 12.5. The summed E-state index contributed by atoms with van der Waals surface area (Å²) in [6.45, 7) is 12.3. The zero-order valence-electron chi connectivity index (χ0n) is 17.6. The zero-order valence-corrected chi connectivity index (χ0v) is 19.4. The molecule has 0 radical (unpaired) electrons. The second kappa shape index (κ2) is 16.0. The third kappa shape index (κ3) is 13.1. The van der Waals surface area contributed by atoms with Crippen LogP contribution in [0.1, 0.15) is 47.5 Å². The van der Waals surface area contributed by atoms with Crippen molar-refractivity contribution in [1.29, 1.82) is 0 Å². The highest BCUT2D eigenvalue weighted by Gasteiger charge is 2.24. The molecule has 11 heteroatoms. The molecule has 27 heavy (non-hydrogen) atoms. The first kappa shape index (κ1) is 27.2. The molecule has 0 saturated carbocycles. The van der Waals surface area contributed by atoms with Gasteiger partial charge in [0, 0.05) is 19.6 Å². The minimum atomic E-state index is -3.07. The smallest absolute Gasteiger partial charge is 0.309 e. The van der Waals surface area contributed by atoms with Crippen molar-refractivity contribution in [1.82, 2.24) is 16.0 Å². The summed E-state index contributed by atoms with van der Waals surface area (Å²) in [5.41, 5.74) is 6.39. The molecular weight excluding hydrogens is 392 g/mol. The summed E-state index contributed by atoms with van der Waals surface area (Å²) in [6, 6.07) is 0. The van der Waals surface area contributed by atoms with Crippen molar-refractivity contribution >= 4 is 15.2 Å². The van der Waals surface area contributed by atoms with Crippen molar-refractivity contribution in [2.75, 3.05) is 58.4 Å². The fourth-order valence-electron chi connectivity index (χ4n) is 2.29. The molecule has 0 aromatic heterocycles. The Hall–Kier alpha value is 0.180. The third-order valence-electron chi connectivity index (χ3n) is 3.42. The van der Waals surface area contributed by atoms with Crippen LogP contribution < -0.4 is 10.9 Å². The summed E-state index contributed by atoms with van der Waals surface area (Å²) < 4.78 is 46.2. The van der Waals surface area contributed by atoms with E-state index in [1.807, 2.05) is 5.12 Å². The molecule has 0 aliphatic heterocycles. The number of rotatable bonds is 19. The van der Waals surface area contributed by atoms with Crippen molar-refractivity contribution < 1.29 is 27.2 Å². The second-order valence-electron chi connectivity index (χ2n) is 5.66. The van der Waals surface area contributed by atoms with E-state index in [0.29, 0.717) is 39.5 Å². The van der Waals surface area contributed by atoms with Crippen LogP contribution in [0.3, 0.4) is 0 Å². The van der Waals surface area contributed by atoms with E-state index in [4.69, 9.17) is 18.1 Å². The molecule has 0 rings (SSSR count). The molecule has 0 aliphatic carbocycles. The molecule has 2 N–H and O–H groups in total. The summed E-state index contributed by atoms with van der Waals surface area (Å²) in [4.78, 5) is 0. The van der Waals surface area contributed by atoms with E-state index in [0.717, 1.165) is 19.4 Å². The highest BCUT2D eigenvalue weighted by Crippen LogP contribution is 2.48. The van der Waals surface area contributed by atoms with E-state index >= 15 is 0 Å². The van der Waals surface area contributed by atoms with E-state index in [9.17, 15) is 9.13 Å². The number of nitrogens with zero attached hydrogens (tertiary/aromatic N) is 1. The van der Waals surface area contributed by atoms with Crippen LogP contribution in [0.5, 0.6) is 0 Å². The molecule has 164 valence electrons. The van der Waals surface area contributed by atoms with Gasteiger partial charge in [-0.3, -0.25) is 9.13 Å². The maximum atomic E-state index is 12.5. The van der Waals surface area contributed by atoms with Gasteiger partial charge in [-0.15, -0.1) is 0 Å². The first-order valence-corrected chi connectivity index (χ1v) is 13.3. The minimum Gasteiger partial charge on any atom is -0.309 e. The van der Waals surface area contributed by atoms with Crippen LogP contribution >= 0.6 is 15.2 Å². The van der Waals surface area contributed by atoms with E-state index in [2.05, 4.69) is 17.8 Å². The van der Waals surface area contributed by atoms with Crippen LogP contribution in [0.4, 0.5) is 0 Å². The van der Waals surface area contributed by atoms with Gasteiger partial charge in [0.2, 0.25) is 0 Å². The topological polar surface area (TPSA) is 98.4 Å². The SMILES string of the molecule is CCCCN(NCCP(=O)(OCC)OCC)NCCP(=O)(OCC)OCC. The van der Waals surface area contributed by atoms with Crippen LogP contribution in [0.15, 0.2) is 0 Å². The third-order valence-corrected chi connectivity index (χ3v) is 7.56. The van der Waals surface area contributed by atoms with E-state index in [1.165, 1.54) is 0 Å². The Kier molecular flexibility index (Phi) is 16.1. The Bertz CT molecular complexity index is 400. The van der Waals surface area contributed by atoms with Crippen molar-refractivity contribution in [3.05, 3.63) is 0 Å². The Morgan fingerprint density at radius 1 is 0.704 bits per heavy atom. The van der Waals surface area contributed by atoms with Gasteiger partial charge in [-0.2, -0.15) is 5.12 Å².